The van der Waals surface area contributed by atoms with Crippen molar-refractivity contribution in [1.82, 2.24) is 0 Å². The summed E-state index contributed by atoms with van der Waals surface area (Å²) < 4.78 is 16.9. The summed E-state index contributed by atoms with van der Waals surface area (Å²) in [5, 5.41) is 0. The van der Waals surface area contributed by atoms with Crippen molar-refractivity contribution in [2.45, 2.75) is 399 Å². The van der Waals surface area contributed by atoms with Crippen LogP contribution in [0, 0.1) is 0 Å². The number of rotatable bonds is 65. The molecule has 0 spiro atoms. The van der Waals surface area contributed by atoms with Gasteiger partial charge in [-0.25, -0.2) is 0 Å². The molecule has 6 nitrogen and oxygen atoms in total. The van der Waals surface area contributed by atoms with Crippen molar-refractivity contribution in [3.05, 3.63) is 24.3 Å². The van der Waals surface area contributed by atoms with Gasteiger partial charge in [0.1, 0.15) is 13.2 Å². The molecular weight excluding hydrogens is 949 g/mol. The second-order valence-electron chi connectivity index (χ2n) is 23.8. The molecule has 0 aliphatic carbocycles. The van der Waals surface area contributed by atoms with E-state index in [1.54, 1.807) is 0 Å². The summed E-state index contributed by atoms with van der Waals surface area (Å²) in [4.78, 5) is 38.1. The summed E-state index contributed by atoms with van der Waals surface area (Å²) in [7, 11) is 0. The molecule has 0 saturated heterocycles. The van der Waals surface area contributed by atoms with Gasteiger partial charge >= 0.3 is 17.9 Å². The van der Waals surface area contributed by atoms with Gasteiger partial charge in [-0.05, 0) is 51.4 Å². The highest BCUT2D eigenvalue weighted by molar-refractivity contribution is 5.71. The van der Waals surface area contributed by atoms with Crippen molar-refractivity contribution in [2.24, 2.45) is 0 Å². The molecule has 0 aromatic carbocycles. The lowest BCUT2D eigenvalue weighted by molar-refractivity contribution is -0.167. The first-order valence-corrected chi connectivity index (χ1v) is 34.8. The average Bonchev–Trinajstić information content (AvgIpc) is 3.43. The molecule has 6 heteroatoms. The van der Waals surface area contributed by atoms with Crippen molar-refractivity contribution in [3.63, 3.8) is 0 Å². The number of hydrogen-bond donors (Lipinski definition) is 0. The third-order valence-electron chi connectivity index (χ3n) is 16.0. The molecule has 0 bridgehead atoms. The maximum Gasteiger partial charge on any atom is 0.306 e. The molecule has 0 radical (unpaired) electrons. The Morgan fingerprint density at radius 2 is 0.468 bits per heavy atom. The van der Waals surface area contributed by atoms with E-state index in [0.29, 0.717) is 19.3 Å². The number of ether oxygens (including phenoxy) is 3. The van der Waals surface area contributed by atoms with E-state index in [1.165, 1.54) is 276 Å². The minimum absolute atomic E-state index is 0.0719. The molecule has 0 N–H and O–H groups in total. The molecule has 0 aliphatic rings. The Labute approximate surface area is 481 Å². The Kier molecular flexibility index (Phi) is 64.6. The molecule has 0 fully saturated rings. The number of unbranched alkanes of at least 4 members (excludes halogenated alkanes) is 50. The average molecular weight is 1080 g/mol. The van der Waals surface area contributed by atoms with Crippen LogP contribution in [0.3, 0.4) is 0 Å². The molecule has 0 aromatic rings. The summed E-state index contributed by atoms with van der Waals surface area (Å²) in [5.74, 6) is -0.867. The molecule has 0 aromatic heterocycles. The van der Waals surface area contributed by atoms with Crippen LogP contribution in [-0.2, 0) is 28.6 Å². The molecule has 0 rings (SSSR count). The largest absolute Gasteiger partial charge is 0.462 e. The van der Waals surface area contributed by atoms with Crippen LogP contribution in [-0.4, -0.2) is 37.2 Å². The zero-order chi connectivity index (χ0) is 55.7. The van der Waals surface area contributed by atoms with Crippen LogP contribution < -0.4 is 0 Å². The predicted molar refractivity (Wildman–Crippen MR) is 335 cm³/mol. The third kappa shape index (κ3) is 64.6. The quantitative estimate of drug-likeness (QED) is 0.0261. The van der Waals surface area contributed by atoms with Gasteiger partial charge in [-0.15, -0.1) is 0 Å². The number of hydrogen-bond acceptors (Lipinski definition) is 6. The summed E-state index contributed by atoms with van der Waals surface area (Å²) in [6.07, 6.45) is 81.1. The molecular formula is C71H134O6. The highest BCUT2D eigenvalue weighted by atomic mass is 16.6. The van der Waals surface area contributed by atoms with Gasteiger partial charge in [-0.3, -0.25) is 14.4 Å². The monoisotopic (exact) mass is 1080 g/mol. The summed E-state index contributed by atoms with van der Waals surface area (Å²) in [5.41, 5.74) is 0. The molecule has 0 saturated carbocycles. The summed E-state index contributed by atoms with van der Waals surface area (Å²) in [6.45, 7) is 6.64. The van der Waals surface area contributed by atoms with E-state index < -0.39 is 6.10 Å². The molecule has 0 aliphatic heterocycles. The van der Waals surface area contributed by atoms with E-state index in [2.05, 4.69) is 45.1 Å². The number of carbonyl (C=O) groups excluding carboxylic acids is 3. The maximum atomic E-state index is 12.8. The fourth-order valence-corrected chi connectivity index (χ4v) is 10.7. The first kappa shape index (κ1) is 74.9. The Morgan fingerprint density at radius 1 is 0.260 bits per heavy atom. The second kappa shape index (κ2) is 66.4. The van der Waals surface area contributed by atoms with Crippen molar-refractivity contribution >= 4 is 17.9 Å². The predicted octanol–water partition coefficient (Wildman–Crippen LogP) is 23.8. The van der Waals surface area contributed by atoms with Gasteiger partial charge in [0.25, 0.3) is 0 Å². The van der Waals surface area contributed by atoms with Crippen LogP contribution in [0.15, 0.2) is 24.3 Å². The SMILES string of the molecule is CCCCCC/C=C\C/C=C\CCCCCCCC(=O)OC(COC(=O)CCCCCCCCCC)COC(=O)CCCCCCCCCCCCCCCCCCCCCCCCCCCCCCCCCCCCC. The minimum atomic E-state index is -0.774. The Balaban J connectivity index is 3.93. The zero-order valence-electron chi connectivity index (χ0n) is 52.3. The summed E-state index contributed by atoms with van der Waals surface area (Å²) >= 11 is 0. The van der Waals surface area contributed by atoms with Gasteiger partial charge in [0.15, 0.2) is 6.10 Å². The molecule has 77 heavy (non-hydrogen) atoms. The Hall–Kier alpha value is -2.11. The van der Waals surface area contributed by atoms with E-state index in [0.717, 1.165) is 77.0 Å². The lowest BCUT2D eigenvalue weighted by Gasteiger charge is -2.18. The van der Waals surface area contributed by atoms with Gasteiger partial charge in [-0.1, -0.05) is 347 Å². The van der Waals surface area contributed by atoms with E-state index in [-0.39, 0.29) is 31.1 Å². The standard InChI is InChI=1S/C71H134O6/c1-4-7-10-13-16-19-21-23-25-27-28-29-30-31-32-33-34-35-36-37-38-39-40-41-42-43-44-45-47-48-50-52-55-58-61-64-70(73)76-67-68(66-75-69(72)63-60-57-54-18-15-12-9-6-3)77-71(74)65-62-59-56-53-51-49-46-26-24-22-20-17-14-11-8-5-2/h20,22,26,46,68H,4-19,21,23-25,27-45,47-67H2,1-3H3/b22-20-,46-26-. The molecule has 1 unspecified atom stereocenters. The van der Waals surface area contributed by atoms with Gasteiger partial charge in [0.05, 0.1) is 0 Å². The van der Waals surface area contributed by atoms with Crippen molar-refractivity contribution in [1.29, 1.82) is 0 Å². The van der Waals surface area contributed by atoms with E-state index in [9.17, 15) is 14.4 Å². The number of carbonyl (C=O) groups is 3. The first-order chi connectivity index (χ1) is 38.0. The highest BCUT2D eigenvalue weighted by Crippen LogP contribution is 2.19. The Morgan fingerprint density at radius 3 is 0.727 bits per heavy atom. The van der Waals surface area contributed by atoms with Gasteiger partial charge in [-0.2, -0.15) is 0 Å². The number of allylic oxidation sites excluding steroid dienone is 4. The normalized spacial score (nSPS) is 12.1. The maximum absolute atomic E-state index is 12.8. The van der Waals surface area contributed by atoms with Crippen LogP contribution >= 0.6 is 0 Å². The summed E-state index contributed by atoms with van der Waals surface area (Å²) in [6, 6.07) is 0. The fourth-order valence-electron chi connectivity index (χ4n) is 10.7. The molecule has 0 amide bonds. The van der Waals surface area contributed by atoms with Crippen LogP contribution in [0.4, 0.5) is 0 Å². The molecule has 1 atom stereocenters. The van der Waals surface area contributed by atoms with Crippen LogP contribution in [0.2, 0.25) is 0 Å². The molecule has 454 valence electrons. The van der Waals surface area contributed by atoms with E-state index in [4.69, 9.17) is 14.2 Å². The highest BCUT2D eigenvalue weighted by Gasteiger charge is 2.19. The smallest absolute Gasteiger partial charge is 0.306 e. The van der Waals surface area contributed by atoms with Crippen molar-refractivity contribution in [3.8, 4) is 0 Å². The lowest BCUT2D eigenvalue weighted by Crippen LogP contribution is -2.30. The number of esters is 3. The first-order valence-electron chi connectivity index (χ1n) is 34.8. The van der Waals surface area contributed by atoms with Crippen molar-refractivity contribution < 1.29 is 28.6 Å². The Bertz CT molecular complexity index is 1240. The fraction of sp³-hybridized carbons (Fsp3) is 0.901. The topological polar surface area (TPSA) is 78.9 Å². The second-order valence-corrected chi connectivity index (χ2v) is 23.8. The lowest BCUT2D eigenvalue weighted by atomic mass is 10.0. The van der Waals surface area contributed by atoms with Crippen molar-refractivity contribution in [2.75, 3.05) is 13.2 Å². The van der Waals surface area contributed by atoms with Gasteiger partial charge < -0.3 is 14.2 Å². The van der Waals surface area contributed by atoms with Crippen LogP contribution in [0.5, 0.6) is 0 Å². The zero-order valence-corrected chi connectivity index (χ0v) is 52.3. The minimum Gasteiger partial charge on any atom is -0.462 e. The van der Waals surface area contributed by atoms with E-state index >= 15 is 0 Å². The third-order valence-corrected chi connectivity index (χ3v) is 16.0. The van der Waals surface area contributed by atoms with Crippen LogP contribution in [0.25, 0.3) is 0 Å². The van der Waals surface area contributed by atoms with Crippen LogP contribution in [0.1, 0.15) is 393 Å². The van der Waals surface area contributed by atoms with Gasteiger partial charge in [0, 0.05) is 19.3 Å². The van der Waals surface area contributed by atoms with E-state index in [1.807, 2.05) is 0 Å². The molecule has 0 heterocycles. The van der Waals surface area contributed by atoms with Gasteiger partial charge in [0.2, 0.25) is 0 Å².